The lowest BCUT2D eigenvalue weighted by Crippen LogP contribution is -2.30. The summed E-state index contributed by atoms with van der Waals surface area (Å²) in [5, 5.41) is 9.46. The molecule has 0 spiro atoms. The van der Waals surface area contributed by atoms with Gasteiger partial charge in [0.25, 0.3) is 0 Å². The van der Waals surface area contributed by atoms with Crippen molar-refractivity contribution in [2.45, 2.75) is 25.4 Å². The van der Waals surface area contributed by atoms with Crippen LogP contribution in [0.4, 0.5) is 4.39 Å². The summed E-state index contributed by atoms with van der Waals surface area (Å²) in [5.41, 5.74) is 3.79. The highest BCUT2D eigenvalue weighted by atomic mass is 19.1. The Morgan fingerprint density at radius 2 is 2.12 bits per heavy atom. The average Bonchev–Trinajstić information content (AvgIpc) is 3.17. The molecule has 124 valence electrons. The largest absolute Gasteiger partial charge is 0.439 e. The number of aliphatic hydroxyl groups excluding tert-OH is 1. The maximum Gasteiger partial charge on any atom is 0.209 e. The molecule has 3 aromatic rings. The molecule has 5 heteroatoms. The van der Waals surface area contributed by atoms with Gasteiger partial charge in [-0.1, -0.05) is 24.3 Å². The van der Waals surface area contributed by atoms with Crippen LogP contribution in [-0.2, 0) is 13.0 Å². The van der Waals surface area contributed by atoms with Gasteiger partial charge in [0, 0.05) is 18.7 Å². The minimum Gasteiger partial charge on any atom is -0.439 e. The molecule has 0 radical (unpaired) electrons. The number of aliphatic hydroxyl groups is 1. The first-order chi connectivity index (χ1) is 11.7. The second-order valence-corrected chi connectivity index (χ2v) is 6.17. The Morgan fingerprint density at radius 3 is 3.00 bits per heavy atom. The first kappa shape index (κ1) is 15.3. The number of fused-ring (bicyclic) bond motifs is 2. The van der Waals surface area contributed by atoms with Crippen LogP contribution in [0.3, 0.4) is 0 Å². The number of nitrogens with zero attached hydrogens (tertiary/aromatic N) is 2. The van der Waals surface area contributed by atoms with Crippen molar-refractivity contribution >= 4 is 11.1 Å². The highest BCUT2D eigenvalue weighted by molar-refractivity contribution is 5.72. The molecule has 0 saturated carbocycles. The zero-order valence-electron chi connectivity index (χ0n) is 13.3. The van der Waals surface area contributed by atoms with Gasteiger partial charge < -0.3 is 9.52 Å². The molecule has 1 aliphatic rings. The number of benzene rings is 2. The third-order valence-electron chi connectivity index (χ3n) is 4.66. The third-order valence-corrected chi connectivity index (χ3v) is 4.66. The summed E-state index contributed by atoms with van der Waals surface area (Å²) >= 11 is 0. The van der Waals surface area contributed by atoms with E-state index in [0.29, 0.717) is 30.1 Å². The van der Waals surface area contributed by atoms with Crippen LogP contribution in [0, 0.1) is 5.82 Å². The fourth-order valence-electron chi connectivity index (χ4n) is 3.58. The summed E-state index contributed by atoms with van der Waals surface area (Å²) in [6, 6.07) is 13.0. The Hall–Kier alpha value is -2.24. The number of hydrogen-bond donors (Lipinski definition) is 1. The lowest BCUT2D eigenvalue weighted by atomic mass is 10.1. The van der Waals surface area contributed by atoms with E-state index in [2.05, 4.69) is 34.1 Å². The summed E-state index contributed by atoms with van der Waals surface area (Å²) < 4.78 is 19.1. The van der Waals surface area contributed by atoms with Gasteiger partial charge in [0.1, 0.15) is 11.3 Å². The van der Waals surface area contributed by atoms with Crippen molar-refractivity contribution in [3.05, 3.63) is 65.3 Å². The Labute approximate surface area is 139 Å². The minimum atomic E-state index is -0.320. The average molecular weight is 326 g/mol. The predicted octanol–water partition coefficient (Wildman–Crippen LogP) is 3.45. The number of rotatable bonds is 5. The van der Waals surface area contributed by atoms with Gasteiger partial charge in [-0.15, -0.1) is 0 Å². The van der Waals surface area contributed by atoms with Crippen LogP contribution in [0.15, 0.2) is 46.9 Å². The van der Waals surface area contributed by atoms with Crippen LogP contribution in [0.2, 0.25) is 0 Å². The summed E-state index contributed by atoms with van der Waals surface area (Å²) in [6.45, 7) is 1.12. The van der Waals surface area contributed by atoms with Crippen molar-refractivity contribution in [1.29, 1.82) is 0 Å². The van der Waals surface area contributed by atoms with Crippen LogP contribution >= 0.6 is 0 Å². The Morgan fingerprint density at radius 1 is 1.25 bits per heavy atom. The van der Waals surface area contributed by atoms with Gasteiger partial charge in [-0.05, 0) is 36.1 Å². The van der Waals surface area contributed by atoms with Gasteiger partial charge >= 0.3 is 0 Å². The summed E-state index contributed by atoms with van der Waals surface area (Å²) in [4.78, 5) is 6.58. The molecule has 0 aliphatic heterocycles. The molecular weight excluding hydrogens is 307 g/mol. The molecule has 1 aliphatic carbocycles. The number of halogens is 1. The molecule has 0 amide bonds. The molecule has 1 aromatic heterocycles. The van der Waals surface area contributed by atoms with Crippen molar-refractivity contribution in [3.63, 3.8) is 0 Å². The lowest BCUT2D eigenvalue weighted by molar-refractivity contribution is 0.132. The van der Waals surface area contributed by atoms with Crippen molar-refractivity contribution in [3.8, 4) is 0 Å². The van der Waals surface area contributed by atoms with Crippen molar-refractivity contribution < 1.29 is 13.9 Å². The third kappa shape index (κ3) is 2.81. The molecular formula is C19H19FN2O2. The van der Waals surface area contributed by atoms with Crippen molar-refractivity contribution in [2.24, 2.45) is 0 Å². The fourth-order valence-corrected chi connectivity index (χ4v) is 3.58. The fraction of sp³-hybridized carbons (Fsp3) is 0.316. The smallest absolute Gasteiger partial charge is 0.209 e. The maximum atomic E-state index is 13.3. The second-order valence-electron chi connectivity index (χ2n) is 6.17. The van der Waals surface area contributed by atoms with Crippen molar-refractivity contribution in [1.82, 2.24) is 9.88 Å². The Balaban J connectivity index is 1.61. The molecule has 1 heterocycles. The van der Waals surface area contributed by atoms with E-state index in [1.807, 2.05) is 0 Å². The molecule has 0 bridgehead atoms. The maximum absolute atomic E-state index is 13.3. The lowest BCUT2D eigenvalue weighted by Gasteiger charge is -2.27. The van der Waals surface area contributed by atoms with Gasteiger partial charge in [-0.3, -0.25) is 4.90 Å². The van der Waals surface area contributed by atoms with E-state index >= 15 is 0 Å². The molecule has 24 heavy (non-hydrogen) atoms. The number of oxazole rings is 1. The van der Waals surface area contributed by atoms with E-state index in [4.69, 9.17) is 4.42 Å². The minimum absolute atomic E-state index is 0.0769. The SMILES string of the molecule is OCCN(Cc1nc2cc(F)ccc2o1)C1CCc2ccccc21. The zero-order chi connectivity index (χ0) is 16.5. The Bertz CT molecular complexity index is 861. The monoisotopic (exact) mass is 326 g/mol. The molecule has 1 N–H and O–H groups in total. The molecule has 2 aromatic carbocycles. The number of aromatic nitrogens is 1. The molecule has 1 atom stereocenters. The zero-order valence-corrected chi connectivity index (χ0v) is 13.3. The van der Waals surface area contributed by atoms with Crippen LogP contribution in [-0.4, -0.2) is 28.1 Å². The highest BCUT2D eigenvalue weighted by Gasteiger charge is 2.28. The van der Waals surface area contributed by atoms with Crippen molar-refractivity contribution in [2.75, 3.05) is 13.2 Å². The van der Waals surface area contributed by atoms with Gasteiger partial charge in [0.05, 0.1) is 13.2 Å². The molecule has 0 saturated heterocycles. The van der Waals surface area contributed by atoms with Gasteiger partial charge in [-0.25, -0.2) is 9.37 Å². The summed E-state index contributed by atoms with van der Waals surface area (Å²) in [5.74, 6) is 0.229. The molecule has 4 rings (SSSR count). The normalized spacial score (nSPS) is 16.9. The summed E-state index contributed by atoms with van der Waals surface area (Å²) in [6.07, 6.45) is 2.07. The molecule has 4 nitrogen and oxygen atoms in total. The van der Waals surface area contributed by atoms with E-state index in [1.165, 1.54) is 23.3 Å². The predicted molar refractivity (Wildman–Crippen MR) is 89.0 cm³/mol. The topological polar surface area (TPSA) is 49.5 Å². The van der Waals surface area contributed by atoms with E-state index in [0.717, 1.165) is 12.8 Å². The van der Waals surface area contributed by atoms with E-state index in [9.17, 15) is 9.50 Å². The van der Waals surface area contributed by atoms with E-state index < -0.39 is 0 Å². The standard InChI is InChI=1S/C19H19FN2O2/c20-14-6-8-18-16(11-14)21-19(24-18)12-22(9-10-23)17-7-5-13-3-1-2-4-15(13)17/h1-4,6,8,11,17,23H,5,7,9-10,12H2. The first-order valence-electron chi connectivity index (χ1n) is 8.22. The number of aryl methyl sites for hydroxylation is 1. The first-order valence-corrected chi connectivity index (χ1v) is 8.22. The quantitative estimate of drug-likeness (QED) is 0.780. The van der Waals surface area contributed by atoms with Crippen LogP contribution < -0.4 is 0 Å². The van der Waals surface area contributed by atoms with Gasteiger partial charge in [0.15, 0.2) is 5.58 Å². The molecule has 0 fully saturated rings. The molecule has 1 unspecified atom stereocenters. The van der Waals surface area contributed by atoms with Gasteiger partial charge in [0.2, 0.25) is 5.89 Å². The Kier molecular flexibility index (Phi) is 4.04. The summed E-state index contributed by atoms with van der Waals surface area (Å²) in [7, 11) is 0. The van der Waals surface area contributed by atoms with Crippen LogP contribution in [0.5, 0.6) is 0 Å². The van der Waals surface area contributed by atoms with Crippen LogP contribution in [0.25, 0.3) is 11.1 Å². The number of hydrogen-bond acceptors (Lipinski definition) is 4. The highest BCUT2D eigenvalue weighted by Crippen LogP contribution is 2.36. The van der Waals surface area contributed by atoms with E-state index in [-0.39, 0.29) is 18.5 Å². The second kappa shape index (κ2) is 6.34. The van der Waals surface area contributed by atoms with E-state index in [1.54, 1.807) is 6.07 Å². The van der Waals surface area contributed by atoms with Gasteiger partial charge in [-0.2, -0.15) is 0 Å². The van der Waals surface area contributed by atoms with Crippen LogP contribution in [0.1, 0.15) is 29.5 Å².